The van der Waals surface area contributed by atoms with Crippen molar-refractivity contribution in [1.82, 2.24) is 29.5 Å². The summed E-state index contributed by atoms with van der Waals surface area (Å²) in [6.45, 7) is 6.85. The number of aromatic nitrogens is 6. The first kappa shape index (κ1) is 85.5. The van der Waals surface area contributed by atoms with Crippen LogP contribution in [0.2, 0.25) is 0 Å². The lowest BCUT2D eigenvalue weighted by molar-refractivity contribution is 0.382. The molecule has 0 unspecified atom stereocenters. The SMILES string of the molecule is Fc1c(F)c(F)c(Nc2ccccc2)c(F)c1F.Fc1ccc(Nc2nc(-c3ccccc3)nc(-c3ccccc3)n2)cc1.Fc1ccccc1Nc1ccccc1F.N#Cc1ccc(Nc2ccc(-c3nc4ccccc4n3-c3ccccc3)cc2)cc1.[C-]#[N+]c1ccc(Nc2ccc(C#N)cc2)cc1.c1ccc(Nc2ccc(-c3ccccn3)cc2)cc1. The minimum Gasteiger partial charge on any atom is -0.356 e. The van der Waals surface area contributed by atoms with Crippen LogP contribution in [-0.4, -0.2) is 29.5 Å². The van der Waals surface area contributed by atoms with Crippen LogP contribution >= 0.6 is 0 Å². The molecule has 0 spiro atoms. The number of hydrogen-bond donors (Lipinski definition) is 6. The van der Waals surface area contributed by atoms with Gasteiger partial charge in [-0.2, -0.15) is 20.5 Å². The average molecular weight is 1660 g/mol. The Balaban J connectivity index is 0.000000131. The number of imidazole rings is 1. The summed E-state index contributed by atoms with van der Waals surface area (Å²) in [5.41, 5.74) is 16.3. The molecule has 18 aromatic rings. The fraction of sp³-hybridized carbons (Fsp3) is 0. The predicted molar refractivity (Wildman–Crippen MR) is 480 cm³/mol. The topological polar surface area (TPSA) is 194 Å². The van der Waals surface area contributed by atoms with Gasteiger partial charge in [0.2, 0.25) is 11.8 Å². The smallest absolute Gasteiger partial charge is 0.231 e. The van der Waals surface area contributed by atoms with E-state index in [1.54, 1.807) is 103 Å². The number of nitriles is 2. The normalized spacial score (nSPS) is 10.2. The van der Waals surface area contributed by atoms with Crippen molar-refractivity contribution in [3.05, 3.63) is 464 Å². The van der Waals surface area contributed by atoms with Gasteiger partial charge in [-0.15, -0.1) is 0 Å². The molecule has 0 aliphatic carbocycles. The Bertz CT molecular complexity index is 6490. The van der Waals surface area contributed by atoms with Crippen LogP contribution in [0.4, 0.5) is 109 Å². The molecule has 15 nitrogen and oxygen atoms in total. The number of para-hydroxylation sites is 7. The number of rotatable bonds is 17. The van der Waals surface area contributed by atoms with E-state index >= 15 is 0 Å². The van der Waals surface area contributed by atoms with Gasteiger partial charge < -0.3 is 31.9 Å². The zero-order chi connectivity index (χ0) is 87.1. The lowest BCUT2D eigenvalue weighted by atomic mass is 10.1. The third kappa shape index (κ3) is 23.8. The van der Waals surface area contributed by atoms with Crippen molar-refractivity contribution in [2.24, 2.45) is 0 Å². The van der Waals surface area contributed by atoms with E-state index in [1.807, 2.05) is 200 Å². The second-order valence-corrected chi connectivity index (χ2v) is 26.9. The van der Waals surface area contributed by atoms with E-state index in [0.717, 1.165) is 84.6 Å². The van der Waals surface area contributed by atoms with Gasteiger partial charge in [-0.1, -0.05) is 182 Å². The molecular weight excluding hydrogens is 1590 g/mol. The Morgan fingerprint density at radius 3 is 1.14 bits per heavy atom. The maximum absolute atomic E-state index is 13.3. The van der Waals surface area contributed by atoms with Crippen molar-refractivity contribution in [2.45, 2.75) is 0 Å². The van der Waals surface area contributed by atoms with Gasteiger partial charge in [0.25, 0.3) is 0 Å². The van der Waals surface area contributed by atoms with Gasteiger partial charge in [0.15, 0.2) is 40.6 Å². The monoisotopic (exact) mass is 1660 g/mol. The van der Waals surface area contributed by atoms with E-state index in [1.165, 1.54) is 36.4 Å². The molecule has 125 heavy (non-hydrogen) atoms. The summed E-state index contributed by atoms with van der Waals surface area (Å²) in [5.74, 6) is -8.55. The largest absolute Gasteiger partial charge is 0.356 e. The zero-order valence-electron chi connectivity index (χ0n) is 66.1. The zero-order valence-corrected chi connectivity index (χ0v) is 66.1. The van der Waals surface area contributed by atoms with E-state index in [-0.39, 0.29) is 22.9 Å². The van der Waals surface area contributed by atoms with Crippen molar-refractivity contribution in [3.8, 4) is 63.2 Å². The number of nitrogens with one attached hydrogen (secondary N) is 6. The molecule has 0 atom stereocenters. The number of fused-ring (bicyclic) bond motifs is 1. The number of hydrogen-bond acceptors (Lipinski definition) is 13. The van der Waals surface area contributed by atoms with Crippen LogP contribution in [0.3, 0.4) is 0 Å². The Labute approximate surface area is 715 Å². The first-order valence-corrected chi connectivity index (χ1v) is 38.6. The maximum atomic E-state index is 13.3. The summed E-state index contributed by atoms with van der Waals surface area (Å²) in [5, 5.41) is 35.5. The van der Waals surface area contributed by atoms with Crippen LogP contribution in [0.5, 0.6) is 0 Å². The van der Waals surface area contributed by atoms with Crippen molar-refractivity contribution in [3.63, 3.8) is 0 Å². The fourth-order valence-electron chi connectivity index (χ4n) is 12.1. The molecule has 0 aliphatic rings. The molecule has 610 valence electrons. The quantitative estimate of drug-likeness (QED) is 0.0218. The average Bonchev–Trinajstić information content (AvgIpc) is 1.64. The first-order valence-electron chi connectivity index (χ1n) is 38.6. The van der Waals surface area contributed by atoms with Crippen LogP contribution in [0.1, 0.15) is 11.1 Å². The Hall–Kier alpha value is -17.4. The van der Waals surface area contributed by atoms with Gasteiger partial charge in [-0.05, 0) is 206 Å². The summed E-state index contributed by atoms with van der Waals surface area (Å²) in [7, 11) is 0. The highest BCUT2D eigenvalue weighted by Gasteiger charge is 2.26. The standard InChI is InChI=1S/C26H18N4.C21H15FN4.C17H14N2.C14H9N3.C12H6F5N.C12H9F2N/c27-18-19-10-14-21(15-11-19)28-22-16-12-20(13-17-22)26-29-24-8-4-5-9-25(24)30(26)23-6-2-1-3-7-23;22-17-11-13-18(14-12-17)23-21-25-19(15-7-3-1-4-8-15)24-20(26-21)16-9-5-2-6-10-16;1-2-6-15(7-3-1)19-16-11-9-14(10-12-16)17-8-4-5-13-18-17;1-16-12-6-8-14(9-7-12)17-13-4-2-11(10-15)3-5-13;13-7-8(14)10(16)12(11(17)9(7)15)18-6-4-2-1-3-5-6;13-9-5-1-3-7-11(9)15-12-8-4-2-6-10(12)14/h1-17,28H;1-14H,(H,23,24,25,26);1-13,19H;2-9,17H;1-5,18H;1-8,15H. The molecule has 0 fully saturated rings. The van der Waals surface area contributed by atoms with E-state index in [9.17, 15) is 35.1 Å². The van der Waals surface area contributed by atoms with Crippen molar-refractivity contribution in [2.75, 3.05) is 31.9 Å². The second kappa shape index (κ2) is 42.9. The minimum atomic E-state index is -2.18. The molecule has 3 aromatic heterocycles. The maximum Gasteiger partial charge on any atom is 0.231 e. The van der Waals surface area contributed by atoms with Gasteiger partial charge in [-0.3, -0.25) is 9.55 Å². The molecule has 18 rings (SSSR count). The van der Waals surface area contributed by atoms with E-state index in [0.29, 0.717) is 40.1 Å². The Morgan fingerprint density at radius 1 is 0.304 bits per heavy atom. The second-order valence-electron chi connectivity index (χ2n) is 26.9. The molecule has 6 N–H and O–H groups in total. The van der Waals surface area contributed by atoms with Crippen LogP contribution in [0.15, 0.2) is 394 Å². The molecule has 0 saturated heterocycles. The first-order chi connectivity index (χ1) is 61.1. The highest BCUT2D eigenvalue weighted by molar-refractivity contribution is 5.84. The third-order valence-electron chi connectivity index (χ3n) is 18.3. The molecule has 0 bridgehead atoms. The summed E-state index contributed by atoms with van der Waals surface area (Å²) >= 11 is 0. The number of pyridine rings is 1. The molecule has 0 aliphatic heterocycles. The van der Waals surface area contributed by atoms with E-state index in [2.05, 4.69) is 128 Å². The molecule has 23 heteroatoms. The van der Waals surface area contributed by atoms with E-state index in [4.69, 9.17) is 22.1 Å². The molecule has 0 saturated carbocycles. The summed E-state index contributed by atoms with van der Waals surface area (Å²) in [6, 6.07) is 123. The molecule has 15 aromatic carbocycles. The van der Waals surface area contributed by atoms with Crippen molar-refractivity contribution < 1.29 is 35.1 Å². The summed E-state index contributed by atoms with van der Waals surface area (Å²) in [4.78, 5) is 26.2. The Kier molecular flexibility index (Phi) is 29.3. The molecule has 0 radical (unpaired) electrons. The minimum absolute atomic E-state index is 0.209. The van der Waals surface area contributed by atoms with Crippen LogP contribution in [-0.2, 0) is 0 Å². The lowest BCUT2D eigenvalue weighted by Crippen LogP contribution is -2.06. The molecular formula is C102H71F8N15. The van der Waals surface area contributed by atoms with Gasteiger partial charge in [0.05, 0.1) is 57.9 Å². The van der Waals surface area contributed by atoms with Crippen molar-refractivity contribution >= 4 is 85.2 Å². The predicted octanol–water partition coefficient (Wildman–Crippen LogP) is 27.6. The van der Waals surface area contributed by atoms with Gasteiger partial charge in [-0.25, -0.2) is 49.9 Å². The summed E-state index contributed by atoms with van der Waals surface area (Å²) in [6.07, 6.45) is 1.81. The highest BCUT2D eigenvalue weighted by Crippen LogP contribution is 2.34. The third-order valence-corrected chi connectivity index (χ3v) is 18.3. The van der Waals surface area contributed by atoms with Gasteiger partial charge in [0, 0.05) is 79.6 Å². The van der Waals surface area contributed by atoms with Gasteiger partial charge in [0.1, 0.15) is 29.0 Å². The van der Waals surface area contributed by atoms with Crippen LogP contribution < -0.4 is 31.9 Å². The van der Waals surface area contributed by atoms with Crippen LogP contribution in [0.25, 0.3) is 67.0 Å². The number of anilines is 12. The highest BCUT2D eigenvalue weighted by atomic mass is 19.2. The molecule has 0 amide bonds. The fourth-order valence-corrected chi connectivity index (χ4v) is 12.1. The van der Waals surface area contributed by atoms with Gasteiger partial charge >= 0.3 is 0 Å². The van der Waals surface area contributed by atoms with E-state index < -0.39 is 46.4 Å². The number of halogens is 8. The van der Waals surface area contributed by atoms with Crippen molar-refractivity contribution in [1.29, 1.82) is 10.5 Å². The lowest BCUT2D eigenvalue weighted by Gasteiger charge is -2.11. The summed E-state index contributed by atoms with van der Waals surface area (Å²) < 4.78 is 107. The Morgan fingerprint density at radius 2 is 0.680 bits per heavy atom. The number of nitrogens with zero attached hydrogens (tertiary/aromatic N) is 9. The van der Waals surface area contributed by atoms with Crippen LogP contribution in [0, 0.1) is 75.8 Å². The molecule has 3 heterocycles. The number of benzene rings is 15.